The molecular formula is C35H53N11O11. The molecule has 314 valence electrons. The maximum absolute atomic E-state index is 14.0. The third-order valence-corrected chi connectivity index (χ3v) is 9.51. The van der Waals surface area contributed by atoms with Gasteiger partial charge in [-0.15, -0.1) is 0 Å². The van der Waals surface area contributed by atoms with E-state index in [2.05, 4.69) is 26.3 Å². The Bertz CT molecular complexity index is 1640. The molecule has 7 atom stereocenters. The molecule has 0 aromatic heterocycles. The molecule has 0 aliphatic carbocycles. The Kier molecular flexibility index (Phi) is 17.6. The molecule has 0 radical (unpaired) electrons. The Balaban J connectivity index is 1.73. The molecule has 3 rings (SSSR count). The van der Waals surface area contributed by atoms with Crippen molar-refractivity contribution in [3.8, 4) is 0 Å². The first-order valence-electron chi connectivity index (χ1n) is 18.5. The number of amides is 7. The van der Waals surface area contributed by atoms with Gasteiger partial charge in [0.1, 0.15) is 36.3 Å². The molecule has 15 N–H and O–H groups in total. The van der Waals surface area contributed by atoms with Crippen LogP contribution in [0.4, 0.5) is 0 Å². The fourth-order valence-corrected chi connectivity index (χ4v) is 6.59. The molecular weight excluding hydrogens is 750 g/mol. The fourth-order valence-electron chi connectivity index (χ4n) is 6.59. The van der Waals surface area contributed by atoms with Crippen molar-refractivity contribution in [2.75, 3.05) is 32.8 Å². The average molecular weight is 804 g/mol. The van der Waals surface area contributed by atoms with E-state index in [4.69, 9.17) is 22.9 Å². The van der Waals surface area contributed by atoms with E-state index in [9.17, 15) is 53.7 Å². The van der Waals surface area contributed by atoms with E-state index in [0.29, 0.717) is 12.8 Å². The van der Waals surface area contributed by atoms with Gasteiger partial charge in [-0.25, -0.2) is 4.79 Å². The zero-order valence-electron chi connectivity index (χ0n) is 31.4. The van der Waals surface area contributed by atoms with Gasteiger partial charge in [0.2, 0.25) is 41.4 Å². The summed E-state index contributed by atoms with van der Waals surface area (Å²) in [6, 6.07) is -0.707. The summed E-state index contributed by atoms with van der Waals surface area (Å²) in [6.07, 6.45) is 0.599. The lowest BCUT2D eigenvalue weighted by atomic mass is 10.1. The van der Waals surface area contributed by atoms with Crippen LogP contribution >= 0.6 is 0 Å². The minimum absolute atomic E-state index is 0.0428. The normalized spacial score (nSPS) is 18.9. The average Bonchev–Trinajstić information content (AvgIpc) is 3.87. The van der Waals surface area contributed by atoms with Crippen LogP contribution < -0.4 is 44.2 Å². The predicted octanol–water partition coefficient (Wildman–Crippen LogP) is -5.52. The number of hydrogen-bond donors (Lipinski definition) is 11. The van der Waals surface area contributed by atoms with Gasteiger partial charge in [0.25, 0.3) is 0 Å². The van der Waals surface area contributed by atoms with Crippen molar-refractivity contribution < 1.29 is 53.7 Å². The molecule has 2 aliphatic rings. The van der Waals surface area contributed by atoms with Crippen molar-refractivity contribution in [3.05, 3.63) is 35.9 Å². The number of carboxylic acid groups (broad SMARTS) is 1. The number of guanidine groups is 1. The molecule has 0 saturated carbocycles. The predicted molar refractivity (Wildman–Crippen MR) is 201 cm³/mol. The summed E-state index contributed by atoms with van der Waals surface area (Å²) in [6.45, 7) is -1.67. The molecule has 1 aromatic rings. The molecule has 2 aliphatic heterocycles. The van der Waals surface area contributed by atoms with E-state index < -0.39 is 109 Å². The standard InChI is InChI=1S/C35H53N11O11/c36-20(15-19-7-2-1-3-8-19)28(50)43-23(17-47)30(52)44-24(18-48)29(51)41-21(9-4-12-40-35(38)39)32(54)45-13-5-10-25(45)31(53)42-22(16-27(37)49)33(55)46-14-6-11-26(46)34(56)57/h1-3,7-8,20-26,47-48H,4-6,9-18,36H2,(H2,37,49)(H,41,51)(H,42,53)(H,43,50)(H,44,52)(H,56,57)(H4,38,39,40)/t20-,21-,22-,23-,24-,25-,26-/m0/s1. The number of carbonyl (C=O) groups excluding carboxylic acids is 7. The quantitative estimate of drug-likeness (QED) is 0.0314. The summed E-state index contributed by atoms with van der Waals surface area (Å²) >= 11 is 0. The first kappa shape index (κ1) is 45.5. The molecule has 0 bridgehead atoms. The minimum atomic E-state index is -1.67. The number of aliphatic imine (C=N–C) groups is 1. The van der Waals surface area contributed by atoms with Crippen LogP contribution in [0.2, 0.25) is 0 Å². The molecule has 2 saturated heterocycles. The van der Waals surface area contributed by atoms with Crippen LogP contribution in [0.25, 0.3) is 0 Å². The molecule has 2 heterocycles. The zero-order chi connectivity index (χ0) is 42.2. The van der Waals surface area contributed by atoms with Gasteiger partial charge in [0.05, 0.1) is 25.7 Å². The van der Waals surface area contributed by atoms with Crippen LogP contribution in [-0.2, 0) is 44.8 Å². The zero-order valence-corrected chi connectivity index (χ0v) is 31.4. The number of carboxylic acids is 1. The summed E-state index contributed by atoms with van der Waals surface area (Å²) in [5.41, 5.74) is 22.9. The van der Waals surface area contributed by atoms with Gasteiger partial charge in [-0.05, 0) is 50.5 Å². The number of hydrogen-bond acceptors (Lipinski definition) is 12. The number of nitrogens with zero attached hydrogens (tertiary/aromatic N) is 3. The maximum atomic E-state index is 14.0. The summed E-state index contributed by atoms with van der Waals surface area (Å²) in [4.78, 5) is 110. The Labute approximate surface area is 328 Å². The largest absolute Gasteiger partial charge is 0.480 e. The highest BCUT2D eigenvalue weighted by Gasteiger charge is 2.42. The van der Waals surface area contributed by atoms with E-state index in [1.807, 2.05) is 0 Å². The Morgan fingerprint density at radius 1 is 0.737 bits per heavy atom. The van der Waals surface area contributed by atoms with Crippen molar-refractivity contribution in [2.45, 2.75) is 93.7 Å². The second-order valence-electron chi connectivity index (χ2n) is 13.7. The number of aliphatic carboxylic acids is 1. The van der Waals surface area contributed by atoms with Crippen LogP contribution in [0.5, 0.6) is 0 Å². The highest BCUT2D eigenvalue weighted by molar-refractivity contribution is 5.98. The SMILES string of the molecule is NC(=O)C[C@H](NC(=O)[C@@H]1CCCN1C(=O)[C@H](CCCN=C(N)N)NC(=O)[C@H](CO)NC(=O)[C@H](CO)NC(=O)[C@@H](N)Cc1ccccc1)C(=O)N1CCC[C@H]1C(=O)O. The smallest absolute Gasteiger partial charge is 0.326 e. The molecule has 7 amide bonds. The Morgan fingerprint density at radius 3 is 1.81 bits per heavy atom. The summed E-state index contributed by atoms with van der Waals surface area (Å²) in [5, 5.41) is 39.0. The van der Waals surface area contributed by atoms with Gasteiger partial charge in [-0.2, -0.15) is 0 Å². The summed E-state index contributed by atoms with van der Waals surface area (Å²) < 4.78 is 0. The number of aliphatic hydroxyl groups excluding tert-OH is 2. The van der Waals surface area contributed by atoms with Crippen LogP contribution in [0.3, 0.4) is 0 Å². The molecule has 22 heteroatoms. The molecule has 57 heavy (non-hydrogen) atoms. The Hall–Kier alpha value is -5.87. The van der Waals surface area contributed by atoms with Crippen LogP contribution in [0.1, 0.15) is 50.5 Å². The number of rotatable bonds is 21. The van der Waals surface area contributed by atoms with Gasteiger partial charge in [-0.3, -0.25) is 38.6 Å². The summed E-state index contributed by atoms with van der Waals surface area (Å²) in [5.74, 6) is -7.62. The number of likely N-dealkylation sites (tertiary alicyclic amines) is 2. The Morgan fingerprint density at radius 2 is 1.26 bits per heavy atom. The fraction of sp³-hybridized carbons (Fsp3) is 0.571. The molecule has 2 fully saturated rings. The third kappa shape index (κ3) is 13.4. The number of nitrogens with one attached hydrogen (secondary N) is 4. The number of carbonyl (C=O) groups is 8. The summed E-state index contributed by atoms with van der Waals surface area (Å²) in [7, 11) is 0. The van der Waals surface area contributed by atoms with E-state index in [0.717, 1.165) is 10.5 Å². The van der Waals surface area contributed by atoms with E-state index in [-0.39, 0.29) is 57.7 Å². The van der Waals surface area contributed by atoms with Crippen molar-refractivity contribution in [1.82, 2.24) is 31.1 Å². The first-order valence-corrected chi connectivity index (χ1v) is 18.5. The van der Waals surface area contributed by atoms with Gasteiger partial charge >= 0.3 is 5.97 Å². The first-order chi connectivity index (χ1) is 27.1. The highest BCUT2D eigenvalue weighted by atomic mass is 16.4. The van der Waals surface area contributed by atoms with Gasteiger partial charge in [-0.1, -0.05) is 30.3 Å². The van der Waals surface area contributed by atoms with Crippen molar-refractivity contribution in [3.63, 3.8) is 0 Å². The van der Waals surface area contributed by atoms with Crippen LogP contribution in [-0.4, -0.2) is 154 Å². The number of nitrogens with two attached hydrogens (primary N) is 4. The van der Waals surface area contributed by atoms with Crippen LogP contribution in [0, 0.1) is 0 Å². The monoisotopic (exact) mass is 803 g/mol. The van der Waals surface area contributed by atoms with Gasteiger partial charge < -0.3 is 69.3 Å². The number of primary amides is 1. The van der Waals surface area contributed by atoms with Crippen molar-refractivity contribution in [2.24, 2.45) is 27.9 Å². The lowest BCUT2D eigenvalue weighted by molar-refractivity contribution is -0.150. The molecule has 0 unspecified atom stereocenters. The lowest BCUT2D eigenvalue weighted by Gasteiger charge is -2.31. The topological polar surface area (TPSA) is 368 Å². The van der Waals surface area contributed by atoms with Gasteiger partial charge in [0, 0.05) is 19.6 Å². The molecule has 0 spiro atoms. The third-order valence-electron chi connectivity index (χ3n) is 9.51. The minimum Gasteiger partial charge on any atom is -0.480 e. The van der Waals surface area contributed by atoms with Crippen LogP contribution in [0.15, 0.2) is 35.3 Å². The number of aliphatic hydroxyl groups is 2. The maximum Gasteiger partial charge on any atom is 0.326 e. The van der Waals surface area contributed by atoms with E-state index >= 15 is 0 Å². The van der Waals surface area contributed by atoms with E-state index in [1.54, 1.807) is 30.3 Å². The number of benzene rings is 1. The van der Waals surface area contributed by atoms with Crippen molar-refractivity contribution >= 4 is 53.3 Å². The highest BCUT2D eigenvalue weighted by Crippen LogP contribution is 2.22. The molecule has 22 nitrogen and oxygen atoms in total. The van der Waals surface area contributed by atoms with E-state index in [1.165, 1.54) is 4.90 Å². The second-order valence-corrected chi connectivity index (χ2v) is 13.7. The van der Waals surface area contributed by atoms with Crippen molar-refractivity contribution in [1.29, 1.82) is 0 Å². The molecule has 1 aromatic carbocycles. The second kappa shape index (κ2) is 22.0. The van der Waals surface area contributed by atoms with Gasteiger partial charge in [0.15, 0.2) is 5.96 Å². The lowest BCUT2D eigenvalue weighted by Crippen LogP contribution is -2.60.